The number of hydrogen-bond donors (Lipinski definition) is 1. The summed E-state index contributed by atoms with van der Waals surface area (Å²) in [5.41, 5.74) is 1.37. The Balaban J connectivity index is 1.62. The molecule has 1 fully saturated rings. The van der Waals surface area contributed by atoms with Crippen molar-refractivity contribution in [2.75, 3.05) is 25.5 Å². The number of nitrogens with one attached hydrogen (secondary N) is 1. The highest BCUT2D eigenvalue weighted by Gasteiger charge is 2.18. The maximum atomic E-state index is 12.3. The largest absolute Gasteiger partial charge is 0.490 e. The molecule has 4 nitrogen and oxygen atoms in total. The maximum Gasteiger partial charge on any atom is 0.255 e. The second kappa shape index (κ2) is 7.81. The van der Waals surface area contributed by atoms with Crippen LogP contribution >= 0.6 is 15.9 Å². The molecular weight excluding hydrogens is 368 g/mol. The van der Waals surface area contributed by atoms with E-state index in [9.17, 15) is 4.79 Å². The Morgan fingerprint density at radius 2 is 1.88 bits per heavy atom. The van der Waals surface area contributed by atoms with Gasteiger partial charge in [-0.2, -0.15) is 0 Å². The Morgan fingerprint density at radius 3 is 2.58 bits per heavy atom. The van der Waals surface area contributed by atoms with Gasteiger partial charge in [0.05, 0.1) is 0 Å². The average Bonchev–Trinajstić information content (AvgIpc) is 2.58. The van der Waals surface area contributed by atoms with E-state index in [0.29, 0.717) is 5.56 Å². The van der Waals surface area contributed by atoms with E-state index in [1.165, 1.54) is 0 Å². The summed E-state index contributed by atoms with van der Waals surface area (Å²) in [4.78, 5) is 14.6. The number of halogens is 1. The molecule has 0 spiro atoms. The third-order valence-corrected chi connectivity index (χ3v) is 4.70. The van der Waals surface area contributed by atoms with Gasteiger partial charge in [-0.25, -0.2) is 0 Å². The van der Waals surface area contributed by atoms with Crippen molar-refractivity contribution in [1.29, 1.82) is 0 Å². The molecule has 1 aliphatic heterocycles. The number of carbonyl (C=O) groups excluding carboxylic acids is 1. The molecule has 24 heavy (non-hydrogen) atoms. The number of hydrogen-bond acceptors (Lipinski definition) is 3. The van der Waals surface area contributed by atoms with Crippen LogP contribution in [0.2, 0.25) is 0 Å². The summed E-state index contributed by atoms with van der Waals surface area (Å²) in [5, 5.41) is 2.92. The number of amides is 1. The number of rotatable bonds is 4. The second-order valence-electron chi connectivity index (χ2n) is 6.11. The molecule has 1 saturated heterocycles. The van der Waals surface area contributed by atoms with Crippen LogP contribution in [0.3, 0.4) is 0 Å². The highest BCUT2D eigenvalue weighted by atomic mass is 79.9. The van der Waals surface area contributed by atoms with Crippen LogP contribution in [0, 0.1) is 0 Å². The van der Waals surface area contributed by atoms with Crippen molar-refractivity contribution in [2.45, 2.75) is 18.9 Å². The molecule has 0 radical (unpaired) electrons. The lowest BCUT2D eigenvalue weighted by Gasteiger charge is -2.29. The number of piperidine rings is 1. The fourth-order valence-electron chi connectivity index (χ4n) is 2.75. The van der Waals surface area contributed by atoms with E-state index in [2.05, 4.69) is 33.2 Å². The van der Waals surface area contributed by atoms with Crippen molar-refractivity contribution >= 4 is 27.5 Å². The van der Waals surface area contributed by atoms with E-state index in [-0.39, 0.29) is 12.0 Å². The van der Waals surface area contributed by atoms with Crippen molar-refractivity contribution in [3.63, 3.8) is 0 Å². The van der Waals surface area contributed by atoms with Gasteiger partial charge in [-0.05, 0) is 56.3 Å². The summed E-state index contributed by atoms with van der Waals surface area (Å²) in [6.45, 7) is 2.12. The molecule has 1 amide bonds. The number of anilines is 1. The van der Waals surface area contributed by atoms with Crippen LogP contribution in [0.4, 0.5) is 5.69 Å². The molecule has 126 valence electrons. The van der Waals surface area contributed by atoms with Gasteiger partial charge in [0.1, 0.15) is 11.9 Å². The third-order valence-electron chi connectivity index (χ3n) is 4.17. The zero-order valence-electron chi connectivity index (χ0n) is 13.7. The van der Waals surface area contributed by atoms with E-state index < -0.39 is 0 Å². The highest BCUT2D eigenvalue weighted by molar-refractivity contribution is 9.10. The van der Waals surface area contributed by atoms with Crippen LogP contribution < -0.4 is 10.1 Å². The molecule has 3 rings (SSSR count). The molecule has 0 bridgehead atoms. The van der Waals surface area contributed by atoms with Crippen LogP contribution in [0.1, 0.15) is 23.2 Å². The van der Waals surface area contributed by atoms with Gasteiger partial charge in [-0.3, -0.25) is 4.79 Å². The molecule has 1 heterocycles. The molecule has 0 atom stereocenters. The Morgan fingerprint density at radius 1 is 1.17 bits per heavy atom. The summed E-state index contributed by atoms with van der Waals surface area (Å²) < 4.78 is 7.01. The fourth-order valence-corrected chi connectivity index (χ4v) is 3.01. The Labute approximate surface area is 150 Å². The summed E-state index contributed by atoms with van der Waals surface area (Å²) in [5.74, 6) is 0.678. The van der Waals surface area contributed by atoms with Gasteiger partial charge < -0.3 is 15.0 Å². The van der Waals surface area contributed by atoms with E-state index >= 15 is 0 Å². The first-order valence-electron chi connectivity index (χ1n) is 8.12. The van der Waals surface area contributed by atoms with Gasteiger partial charge in [0.25, 0.3) is 5.91 Å². The van der Waals surface area contributed by atoms with Gasteiger partial charge in [-0.15, -0.1) is 0 Å². The minimum atomic E-state index is -0.126. The molecule has 1 N–H and O–H groups in total. The number of ether oxygens (including phenoxy) is 1. The van der Waals surface area contributed by atoms with Crippen molar-refractivity contribution < 1.29 is 9.53 Å². The lowest BCUT2D eigenvalue weighted by molar-refractivity contribution is 0.102. The van der Waals surface area contributed by atoms with Gasteiger partial charge in [0.2, 0.25) is 0 Å². The first kappa shape index (κ1) is 17.0. The Bertz CT molecular complexity index is 695. The van der Waals surface area contributed by atoms with Crippen LogP contribution in [-0.2, 0) is 0 Å². The van der Waals surface area contributed by atoms with Crippen molar-refractivity contribution in [3.05, 3.63) is 58.6 Å². The van der Waals surface area contributed by atoms with Gasteiger partial charge >= 0.3 is 0 Å². The van der Waals surface area contributed by atoms with Crippen LogP contribution in [0.25, 0.3) is 0 Å². The molecule has 0 saturated carbocycles. The summed E-state index contributed by atoms with van der Waals surface area (Å²) in [7, 11) is 2.13. The summed E-state index contributed by atoms with van der Waals surface area (Å²) in [6, 6.07) is 14.9. The van der Waals surface area contributed by atoms with Crippen LogP contribution in [-0.4, -0.2) is 37.0 Å². The fraction of sp³-hybridized carbons (Fsp3) is 0.316. The van der Waals surface area contributed by atoms with Gasteiger partial charge in [-0.1, -0.05) is 22.0 Å². The summed E-state index contributed by atoms with van der Waals surface area (Å²) >= 11 is 3.37. The highest BCUT2D eigenvalue weighted by Crippen LogP contribution is 2.22. The second-order valence-corrected chi connectivity index (χ2v) is 7.03. The van der Waals surface area contributed by atoms with E-state index in [1.807, 2.05) is 36.4 Å². The number of likely N-dealkylation sites (tertiary alicyclic amines) is 1. The average molecular weight is 389 g/mol. The molecule has 5 heteroatoms. The standard InChI is InChI=1S/C19H21BrN2O2/c1-22-11-9-17(10-12-22)24-18-4-2-3-16(13-18)21-19(23)14-5-7-15(20)8-6-14/h2-8,13,17H,9-12H2,1H3,(H,21,23). The van der Waals surface area contributed by atoms with E-state index in [4.69, 9.17) is 4.74 Å². The Kier molecular flexibility index (Phi) is 5.53. The van der Waals surface area contributed by atoms with E-state index in [1.54, 1.807) is 12.1 Å². The zero-order valence-corrected chi connectivity index (χ0v) is 15.3. The number of carbonyl (C=O) groups is 1. The third kappa shape index (κ3) is 4.58. The predicted molar refractivity (Wildman–Crippen MR) is 99.7 cm³/mol. The Hall–Kier alpha value is -1.85. The van der Waals surface area contributed by atoms with Crippen LogP contribution in [0.15, 0.2) is 53.0 Å². The van der Waals surface area contributed by atoms with Crippen molar-refractivity contribution in [2.24, 2.45) is 0 Å². The van der Waals surface area contributed by atoms with Gasteiger partial charge in [0, 0.05) is 34.9 Å². The first-order valence-corrected chi connectivity index (χ1v) is 8.91. The smallest absolute Gasteiger partial charge is 0.255 e. The van der Waals surface area contributed by atoms with Gasteiger partial charge in [0.15, 0.2) is 0 Å². The minimum Gasteiger partial charge on any atom is -0.490 e. The lowest BCUT2D eigenvalue weighted by Crippen LogP contribution is -2.35. The molecule has 0 aliphatic carbocycles. The van der Waals surface area contributed by atoms with Crippen molar-refractivity contribution in [3.8, 4) is 5.75 Å². The molecule has 1 aliphatic rings. The minimum absolute atomic E-state index is 0.126. The molecule has 0 unspecified atom stereocenters. The normalized spacial score (nSPS) is 15.9. The number of benzene rings is 2. The zero-order chi connectivity index (χ0) is 16.9. The number of nitrogens with zero attached hydrogens (tertiary/aromatic N) is 1. The summed E-state index contributed by atoms with van der Waals surface area (Å²) in [6.07, 6.45) is 2.32. The lowest BCUT2D eigenvalue weighted by atomic mass is 10.1. The quantitative estimate of drug-likeness (QED) is 0.853. The van der Waals surface area contributed by atoms with Crippen LogP contribution in [0.5, 0.6) is 5.75 Å². The molecule has 0 aromatic heterocycles. The van der Waals surface area contributed by atoms with Crippen molar-refractivity contribution in [1.82, 2.24) is 4.90 Å². The topological polar surface area (TPSA) is 41.6 Å². The molecule has 2 aromatic carbocycles. The SMILES string of the molecule is CN1CCC(Oc2cccc(NC(=O)c3ccc(Br)cc3)c2)CC1. The monoisotopic (exact) mass is 388 g/mol. The van der Waals surface area contributed by atoms with E-state index in [0.717, 1.165) is 41.8 Å². The predicted octanol–water partition coefficient (Wildman–Crippen LogP) is 4.17. The maximum absolute atomic E-state index is 12.3. The molecular formula is C19H21BrN2O2. The molecule has 2 aromatic rings. The first-order chi connectivity index (χ1) is 11.6.